The van der Waals surface area contributed by atoms with Crippen LogP contribution >= 0.6 is 0 Å². The molecule has 1 aromatic carbocycles. The Balaban J connectivity index is 2.50. The third-order valence-corrected chi connectivity index (χ3v) is 2.75. The van der Waals surface area contributed by atoms with E-state index in [4.69, 9.17) is 0 Å². The highest BCUT2D eigenvalue weighted by atomic mass is 14.9. The zero-order chi connectivity index (χ0) is 9.26. The van der Waals surface area contributed by atoms with Crippen molar-refractivity contribution in [3.05, 3.63) is 28.8 Å². The molecule has 0 saturated carbocycles. The molecule has 0 bridgehead atoms. The van der Waals surface area contributed by atoms with E-state index in [1.165, 1.54) is 35.2 Å². The molecule has 1 aromatic rings. The van der Waals surface area contributed by atoms with Crippen molar-refractivity contribution in [2.24, 2.45) is 0 Å². The van der Waals surface area contributed by atoms with Gasteiger partial charge in [-0.1, -0.05) is 24.6 Å². The van der Waals surface area contributed by atoms with Gasteiger partial charge in [0.1, 0.15) is 0 Å². The molecule has 1 heterocycles. The average molecular weight is 175 g/mol. The van der Waals surface area contributed by atoms with E-state index in [0.29, 0.717) is 0 Å². The smallest absolute Gasteiger partial charge is 0.0405 e. The largest absolute Gasteiger partial charge is 0.385 e. The van der Waals surface area contributed by atoms with E-state index < -0.39 is 0 Å². The van der Waals surface area contributed by atoms with Crippen molar-refractivity contribution in [3.63, 3.8) is 0 Å². The molecule has 0 unspecified atom stereocenters. The van der Waals surface area contributed by atoms with E-state index in [9.17, 15) is 0 Å². The Hall–Kier alpha value is -0.980. The molecule has 0 spiro atoms. The number of nitrogens with one attached hydrogen (secondary N) is 1. The highest BCUT2D eigenvalue weighted by Gasteiger charge is 2.11. The van der Waals surface area contributed by atoms with Crippen LogP contribution in [0.5, 0.6) is 0 Å². The first-order valence-corrected chi connectivity index (χ1v) is 5.17. The third-order valence-electron chi connectivity index (χ3n) is 2.75. The molecule has 1 N–H and O–H groups in total. The highest BCUT2D eigenvalue weighted by molar-refractivity contribution is 5.60. The fraction of sp³-hybridized carbons (Fsp3) is 0.500. The Morgan fingerprint density at radius 2 is 2.23 bits per heavy atom. The van der Waals surface area contributed by atoms with Crippen LogP contribution in [0.1, 0.15) is 30.0 Å². The van der Waals surface area contributed by atoms with Gasteiger partial charge in [0.25, 0.3) is 0 Å². The Morgan fingerprint density at radius 1 is 1.38 bits per heavy atom. The summed E-state index contributed by atoms with van der Waals surface area (Å²) in [5, 5.41) is 3.51. The Kier molecular flexibility index (Phi) is 2.26. The van der Waals surface area contributed by atoms with Crippen LogP contribution in [0.4, 0.5) is 5.69 Å². The zero-order valence-electron chi connectivity index (χ0n) is 8.48. The minimum absolute atomic E-state index is 1.14. The van der Waals surface area contributed by atoms with Crippen LogP contribution in [0.15, 0.2) is 12.1 Å². The fourth-order valence-corrected chi connectivity index (χ4v) is 2.14. The summed E-state index contributed by atoms with van der Waals surface area (Å²) in [5.74, 6) is 0. The topological polar surface area (TPSA) is 12.0 Å². The van der Waals surface area contributed by atoms with Gasteiger partial charge in [0.15, 0.2) is 0 Å². The quantitative estimate of drug-likeness (QED) is 0.692. The lowest BCUT2D eigenvalue weighted by Crippen LogP contribution is -2.13. The van der Waals surface area contributed by atoms with Crippen molar-refractivity contribution in [2.75, 3.05) is 11.9 Å². The van der Waals surface area contributed by atoms with Crippen LogP contribution in [0, 0.1) is 6.92 Å². The number of hydrogen-bond donors (Lipinski definition) is 1. The molecule has 1 nitrogen and oxygen atoms in total. The molecule has 1 aliphatic heterocycles. The van der Waals surface area contributed by atoms with Crippen LogP contribution in [-0.2, 0) is 12.8 Å². The second-order valence-corrected chi connectivity index (χ2v) is 3.84. The van der Waals surface area contributed by atoms with Crippen LogP contribution in [0.25, 0.3) is 0 Å². The van der Waals surface area contributed by atoms with Gasteiger partial charge in [-0.15, -0.1) is 0 Å². The van der Waals surface area contributed by atoms with Gasteiger partial charge in [0.2, 0.25) is 0 Å². The van der Waals surface area contributed by atoms with Gasteiger partial charge in [-0.2, -0.15) is 0 Å². The molecule has 0 radical (unpaired) electrons. The Labute approximate surface area is 80.2 Å². The first-order valence-electron chi connectivity index (χ1n) is 5.17. The SMILES string of the molecule is CCc1cc(C)cc2c1NCCC2. The lowest BCUT2D eigenvalue weighted by Gasteiger charge is -2.21. The number of benzene rings is 1. The zero-order valence-corrected chi connectivity index (χ0v) is 8.48. The summed E-state index contributed by atoms with van der Waals surface area (Å²) in [6.07, 6.45) is 3.66. The van der Waals surface area contributed by atoms with E-state index >= 15 is 0 Å². The maximum absolute atomic E-state index is 3.51. The maximum Gasteiger partial charge on any atom is 0.0405 e. The van der Waals surface area contributed by atoms with E-state index in [1.807, 2.05) is 0 Å². The summed E-state index contributed by atoms with van der Waals surface area (Å²) in [5.41, 5.74) is 5.82. The highest BCUT2D eigenvalue weighted by Crippen LogP contribution is 2.27. The summed E-state index contributed by atoms with van der Waals surface area (Å²) in [7, 11) is 0. The molecule has 70 valence electrons. The molecule has 0 atom stereocenters. The van der Waals surface area contributed by atoms with Crippen LogP contribution in [0.3, 0.4) is 0 Å². The van der Waals surface area contributed by atoms with Gasteiger partial charge in [0.05, 0.1) is 0 Å². The van der Waals surface area contributed by atoms with Crippen molar-refractivity contribution in [2.45, 2.75) is 33.1 Å². The van der Waals surface area contributed by atoms with Crippen LogP contribution in [0.2, 0.25) is 0 Å². The molecular formula is C12H17N. The number of hydrogen-bond acceptors (Lipinski definition) is 1. The first kappa shape index (κ1) is 8.61. The second kappa shape index (κ2) is 3.41. The molecule has 0 aromatic heterocycles. The number of anilines is 1. The Morgan fingerprint density at radius 3 is 3.00 bits per heavy atom. The van der Waals surface area contributed by atoms with Gasteiger partial charge < -0.3 is 5.32 Å². The van der Waals surface area contributed by atoms with Crippen molar-refractivity contribution in [1.82, 2.24) is 0 Å². The first-order chi connectivity index (χ1) is 6.31. The van der Waals surface area contributed by atoms with Crippen molar-refractivity contribution in [1.29, 1.82) is 0 Å². The summed E-state index contributed by atoms with van der Waals surface area (Å²) in [6.45, 7) is 5.56. The molecule has 0 aliphatic carbocycles. The van der Waals surface area contributed by atoms with Crippen molar-refractivity contribution in [3.8, 4) is 0 Å². The summed E-state index contributed by atoms with van der Waals surface area (Å²) < 4.78 is 0. The van der Waals surface area contributed by atoms with Gasteiger partial charge in [0, 0.05) is 12.2 Å². The van der Waals surface area contributed by atoms with Crippen LogP contribution in [-0.4, -0.2) is 6.54 Å². The number of rotatable bonds is 1. The lowest BCUT2D eigenvalue weighted by molar-refractivity contribution is 0.823. The van der Waals surface area contributed by atoms with Gasteiger partial charge >= 0.3 is 0 Å². The molecule has 0 saturated heterocycles. The molecule has 13 heavy (non-hydrogen) atoms. The maximum atomic E-state index is 3.51. The number of fused-ring (bicyclic) bond motifs is 1. The Bertz CT molecular complexity index is 298. The van der Waals surface area contributed by atoms with Crippen molar-refractivity contribution >= 4 is 5.69 Å². The predicted octanol–water partition coefficient (Wildman–Crippen LogP) is 2.92. The van der Waals surface area contributed by atoms with Gasteiger partial charge in [-0.25, -0.2) is 0 Å². The van der Waals surface area contributed by atoms with Crippen molar-refractivity contribution < 1.29 is 0 Å². The second-order valence-electron chi connectivity index (χ2n) is 3.84. The van der Waals surface area contributed by atoms with E-state index in [1.54, 1.807) is 0 Å². The van der Waals surface area contributed by atoms with E-state index in [2.05, 4.69) is 31.3 Å². The van der Waals surface area contributed by atoms with E-state index in [-0.39, 0.29) is 0 Å². The third kappa shape index (κ3) is 1.55. The lowest BCUT2D eigenvalue weighted by atomic mass is 9.96. The standard InChI is InChI=1S/C12H17N/c1-3-10-7-9(2)8-11-5-4-6-13-12(10)11/h7-8,13H,3-6H2,1-2H3. The molecule has 0 amide bonds. The molecule has 2 rings (SSSR count). The molecule has 1 aliphatic rings. The summed E-state index contributed by atoms with van der Waals surface area (Å²) in [4.78, 5) is 0. The predicted molar refractivity (Wildman–Crippen MR) is 57.4 cm³/mol. The molecule has 0 fully saturated rings. The monoisotopic (exact) mass is 175 g/mol. The summed E-state index contributed by atoms with van der Waals surface area (Å²) in [6, 6.07) is 4.62. The fourth-order valence-electron chi connectivity index (χ4n) is 2.14. The number of aryl methyl sites for hydroxylation is 3. The van der Waals surface area contributed by atoms with Gasteiger partial charge in [-0.05, 0) is 37.3 Å². The van der Waals surface area contributed by atoms with E-state index in [0.717, 1.165) is 13.0 Å². The molecule has 1 heteroatoms. The van der Waals surface area contributed by atoms with Crippen LogP contribution < -0.4 is 5.32 Å². The average Bonchev–Trinajstić information content (AvgIpc) is 2.16. The minimum Gasteiger partial charge on any atom is -0.385 e. The van der Waals surface area contributed by atoms with Gasteiger partial charge in [-0.3, -0.25) is 0 Å². The minimum atomic E-state index is 1.14. The summed E-state index contributed by atoms with van der Waals surface area (Å²) >= 11 is 0. The molecular weight excluding hydrogens is 158 g/mol. The normalized spacial score (nSPS) is 14.9.